The van der Waals surface area contributed by atoms with Gasteiger partial charge in [0.1, 0.15) is 11.6 Å². The highest BCUT2D eigenvalue weighted by molar-refractivity contribution is 6.00. The largest absolute Gasteiger partial charge is 0.454 e. The average Bonchev–Trinajstić information content (AvgIpc) is 3.19. The SMILES string of the molecule is Cc1cccc(C(C)C)c1NC(=O)COC(=O)/C(C#N)=C/c1ccc2c(c1)OCO2. The van der Waals surface area contributed by atoms with Gasteiger partial charge >= 0.3 is 5.97 Å². The maximum Gasteiger partial charge on any atom is 0.349 e. The van der Waals surface area contributed by atoms with Crippen LogP contribution in [0.3, 0.4) is 0 Å². The lowest BCUT2D eigenvalue weighted by Crippen LogP contribution is -2.22. The molecule has 0 saturated heterocycles. The standard InChI is InChI=1S/C23H22N2O5/c1-14(2)18-6-4-5-15(3)22(18)25-21(26)12-28-23(27)17(11-24)9-16-7-8-19-20(10-16)30-13-29-19/h4-10,14H,12-13H2,1-3H3,(H,25,26)/b17-9+. The third-order valence-corrected chi connectivity index (χ3v) is 4.57. The number of carbonyl (C=O) groups excluding carboxylic acids is 2. The normalized spacial score (nSPS) is 12.4. The molecule has 0 aliphatic carbocycles. The number of ether oxygens (including phenoxy) is 3. The summed E-state index contributed by atoms with van der Waals surface area (Å²) in [7, 11) is 0. The van der Waals surface area contributed by atoms with Gasteiger partial charge in [-0.3, -0.25) is 4.79 Å². The molecule has 1 N–H and O–H groups in total. The quantitative estimate of drug-likeness (QED) is 0.443. The summed E-state index contributed by atoms with van der Waals surface area (Å²) in [5.41, 5.74) is 2.99. The Morgan fingerprint density at radius 3 is 2.73 bits per heavy atom. The first kappa shape index (κ1) is 20.9. The minimum atomic E-state index is -0.876. The van der Waals surface area contributed by atoms with E-state index in [1.165, 1.54) is 6.08 Å². The van der Waals surface area contributed by atoms with Crippen molar-refractivity contribution in [3.63, 3.8) is 0 Å². The van der Waals surface area contributed by atoms with Crippen LogP contribution >= 0.6 is 0 Å². The van der Waals surface area contributed by atoms with E-state index in [1.807, 2.05) is 45.0 Å². The van der Waals surface area contributed by atoms with Gasteiger partial charge in [-0.2, -0.15) is 5.26 Å². The molecular formula is C23H22N2O5. The molecule has 0 atom stereocenters. The second-order valence-electron chi connectivity index (χ2n) is 7.10. The van der Waals surface area contributed by atoms with E-state index in [0.717, 1.165) is 11.1 Å². The van der Waals surface area contributed by atoms with E-state index in [0.29, 0.717) is 22.7 Å². The molecule has 154 valence electrons. The highest BCUT2D eigenvalue weighted by Gasteiger charge is 2.17. The number of amides is 1. The van der Waals surface area contributed by atoms with Gasteiger partial charge in [-0.05, 0) is 47.7 Å². The van der Waals surface area contributed by atoms with Gasteiger partial charge in [0.25, 0.3) is 5.91 Å². The molecule has 0 unspecified atom stereocenters. The second kappa shape index (κ2) is 9.14. The van der Waals surface area contributed by atoms with Crippen LogP contribution in [0, 0.1) is 18.3 Å². The van der Waals surface area contributed by atoms with Crippen molar-refractivity contribution in [3.05, 3.63) is 58.7 Å². The number of anilines is 1. The summed E-state index contributed by atoms with van der Waals surface area (Å²) in [5, 5.41) is 12.1. The van der Waals surface area contributed by atoms with Crippen LogP contribution in [0.25, 0.3) is 6.08 Å². The van der Waals surface area contributed by atoms with Crippen LogP contribution in [-0.4, -0.2) is 25.3 Å². The molecule has 2 aromatic rings. The van der Waals surface area contributed by atoms with E-state index in [9.17, 15) is 14.9 Å². The molecule has 0 aromatic heterocycles. The number of nitrogens with zero attached hydrogens (tertiary/aromatic N) is 1. The van der Waals surface area contributed by atoms with Crippen molar-refractivity contribution < 1.29 is 23.8 Å². The van der Waals surface area contributed by atoms with Crippen molar-refractivity contribution in [2.45, 2.75) is 26.7 Å². The lowest BCUT2D eigenvalue weighted by atomic mass is 9.98. The third kappa shape index (κ3) is 4.78. The average molecular weight is 406 g/mol. The summed E-state index contributed by atoms with van der Waals surface area (Å²) < 4.78 is 15.6. The Kier molecular flexibility index (Phi) is 6.38. The van der Waals surface area contributed by atoms with Gasteiger partial charge in [-0.25, -0.2) is 4.79 Å². The zero-order valence-electron chi connectivity index (χ0n) is 17.0. The lowest BCUT2D eigenvalue weighted by molar-refractivity contribution is -0.142. The molecule has 3 rings (SSSR count). The molecule has 1 amide bonds. The number of rotatable bonds is 6. The van der Waals surface area contributed by atoms with Gasteiger partial charge in [0.15, 0.2) is 18.1 Å². The maximum absolute atomic E-state index is 12.3. The van der Waals surface area contributed by atoms with Crippen molar-refractivity contribution in [1.29, 1.82) is 5.26 Å². The molecule has 0 saturated carbocycles. The second-order valence-corrected chi connectivity index (χ2v) is 7.10. The first-order valence-corrected chi connectivity index (χ1v) is 9.47. The number of esters is 1. The molecular weight excluding hydrogens is 384 g/mol. The first-order valence-electron chi connectivity index (χ1n) is 9.47. The van der Waals surface area contributed by atoms with Gasteiger partial charge in [0, 0.05) is 5.69 Å². The van der Waals surface area contributed by atoms with Crippen molar-refractivity contribution in [2.24, 2.45) is 0 Å². The van der Waals surface area contributed by atoms with Gasteiger partial charge in [0.05, 0.1) is 0 Å². The van der Waals surface area contributed by atoms with E-state index in [4.69, 9.17) is 14.2 Å². The lowest BCUT2D eigenvalue weighted by Gasteiger charge is -2.16. The molecule has 1 aliphatic heterocycles. The molecule has 1 aliphatic rings. The van der Waals surface area contributed by atoms with Gasteiger partial charge in [0.2, 0.25) is 6.79 Å². The van der Waals surface area contributed by atoms with Crippen LogP contribution in [0.5, 0.6) is 11.5 Å². The number of fused-ring (bicyclic) bond motifs is 1. The highest BCUT2D eigenvalue weighted by Crippen LogP contribution is 2.33. The van der Waals surface area contributed by atoms with Gasteiger partial charge in [-0.1, -0.05) is 38.1 Å². The first-order chi connectivity index (χ1) is 14.4. The summed E-state index contributed by atoms with van der Waals surface area (Å²) in [6.07, 6.45) is 1.38. The zero-order valence-corrected chi connectivity index (χ0v) is 17.0. The molecule has 0 spiro atoms. The number of hydrogen-bond acceptors (Lipinski definition) is 6. The Morgan fingerprint density at radius 2 is 2.00 bits per heavy atom. The van der Waals surface area contributed by atoms with E-state index in [2.05, 4.69) is 5.32 Å². The number of aryl methyl sites for hydroxylation is 1. The van der Waals surface area contributed by atoms with Crippen LogP contribution < -0.4 is 14.8 Å². The summed E-state index contributed by atoms with van der Waals surface area (Å²) in [5.74, 6) is 0.00605. The van der Waals surface area contributed by atoms with Crippen LogP contribution in [0.1, 0.15) is 36.5 Å². The van der Waals surface area contributed by atoms with Crippen molar-refractivity contribution >= 4 is 23.6 Å². The van der Waals surface area contributed by atoms with Gasteiger partial charge in [-0.15, -0.1) is 0 Å². The summed E-state index contributed by atoms with van der Waals surface area (Å²) >= 11 is 0. The van der Waals surface area contributed by atoms with Crippen LogP contribution in [-0.2, 0) is 14.3 Å². The number of nitrogens with one attached hydrogen (secondary N) is 1. The predicted molar refractivity (Wildman–Crippen MR) is 111 cm³/mol. The maximum atomic E-state index is 12.3. The van der Waals surface area contributed by atoms with E-state index < -0.39 is 18.5 Å². The monoisotopic (exact) mass is 406 g/mol. The minimum absolute atomic E-state index is 0.129. The molecule has 7 heteroatoms. The Morgan fingerprint density at radius 1 is 1.23 bits per heavy atom. The van der Waals surface area contributed by atoms with Gasteiger partial charge < -0.3 is 19.5 Å². The Hall–Kier alpha value is -3.79. The summed E-state index contributed by atoms with van der Waals surface area (Å²) in [6, 6.07) is 12.6. The number of benzene rings is 2. The molecule has 0 radical (unpaired) electrons. The molecule has 0 fully saturated rings. The van der Waals surface area contributed by atoms with Crippen molar-refractivity contribution in [3.8, 4) is 17.6 Å². The molecule has 7 nitrogen and oxygen atoms in total. The van der Waals surface area contributed by atoms with Crippen LogP contribution in [0.15, 0.2) is 42.0 Å². The fourth-order valence-corrected chi connectivity index (χ4v) is 3.03. The topological polar surface area (TPSA) is 97.7 Å². The molecule has 1 heterocycles. The smallest absolute Gasteiger partial charge is 0.349 e. The summed E-state index contributed by atoms with van der Waals surface area (Å²) in [4.78, 5) is 24.6. The van der Waals surface area contributed by atoms with E-state index >= 15 is 0 Å². The van der Waals surface area contributed by atoms with E-state index in [-0.39, 0.29) is 18.3 Å². The Balaban J connectivity index is 1.64. The summed E-state index contributed by atoms with van der Waals surface area (Å²) in [6.45, 7) is 5.60. The molecule has 2 aromatic carbocycles. The minimum Gasteiger partial charge on any atom is -0.454 e. The van der Waals surface area contributed by atoms with E-state index in [1.54, 1.807) is 18.2 Å². The zero-order chi connectivity index (χ0) is 21.7. The third-order valence-electron chi connectivity index (χ3n) is 4.57. The number of para-hydroxylation sites is 1. The predicted octanol–water partition coefficient (Wildman–Crippen LogP) is 3.94. The number of hydrogen-bond donors (Lipinski definition) is 1. The number of nitriles is 1. The Labute approximate surface area is 174 Å². The fraction of sp³-hybridized carbons (Fsp3) is 0.261. The van der Waals surface area contributed by atoms with Crippen molar-refractivity contribution in [2.75, 3.05) is 18.7 Å². The molecule has 30 heavy (non-hydrogen) atoms. The fourth-order valence-electron chi connectivity index (χ4n) is 3.03. The number of carbonyl (C=O) groups is 2. The Bertz CT molecular complexity index is 1050. The highest BCUT2D eigenvalue weighted by atomic mass is 16.7. The van der Waals surface area contributed by atoms with Crippen LogP contribution in [0.2, 0.25) is 0 Å². The van der Waals surface area contributed by atoms with Crippen LogP contribution in [0.4, 0.5) is 5.69 Å². The van der Waals surface area contributed by atoms with Crippen molar-refractivity contribution in [1.82, 2.24) is 0 Å². The molecule has 0 bridgehead atoms.